The van der Waals surface area contributed by atoms with Crippen molar-refractivity contribution in [2.45, 2.75) is 25.7 Å². The minimum Gasteiger partial charge on any atom is -0.464 e. The van der Waals surface area contributed by atoms with Gasteiger partial charge < -0.3 is 14.7 Å². The molecule has 0 aliphatic rings. The van der Waals surface area contributed by atoms with Crippen molar-refractivity contribution >= 4 is 11.0 Å². The highest BCUT2D eigenvalue weighted by Gasteiger charge is 2.17. The standard InChI is InChI=1S/C15H17N3O2/c1-10(5-4-8-16)15-17-14(18-20-15)12-9-19-13-7-3-2-6-11(12)13/h2-3,6-7,9-10H,4-5,8,16H2,1H3. The molecule has 0 aliphatic heterocycles. The first-order valence-electron chi connectivity index (χ1n) is 6.80. The lowest BCUT2D eigenvalue weighted by Gasteiger charge is -2.03. The lowest BCUT2D eigenvalue weighted by molar-refractivity contribution is 0.352. The van der Waals surface area contributed by atoms with Gasteiger partial charge in [0.15, 0.2) is 0 Å². The second kappa shape index (κ2) is 5.46. The largest absolute Gasteiger partial charge is 0.464 e. The number of benzene rings is 1. The average Bonchev–Trinajstić information content (AvgIpc) is 3.10. The summed E-state index contributed by atoms with van der Waals surface area (Å²) in [6, 6.07) is 7.81. The lowest BCUT2D eigenvalue weighted by atomic mass is 10.1. The quantitative estimate of drug-likeness (QED) is 0.770. The van der Waals surface area contributed by atoms with Crippen LogP contribution in [0.15, 0.2) is 39.5 Å². The molecule has 3 rings (SSSR count). The molecule has 0 fully saturated rings. The SMILES string of the molecule is CC(CCCN)c1nc(-c2coc3ccccc23)no1. The minimum atomic E-state index is 0.220. The third-order valence-corrected chi connectivity index (χ3v) is 3.43. The molecule has 104 valence electrons. The predicted octanol–water partition coefficient (Wildman–Crippen LogP) is 3.33. The van der Waals surface area contributed by atoms with Crippen LogP contribution in [0.25, 0.3) is 22.4 Å². The van der Waals surface area contributed by atoms with Crippen LogP contribution in [0.3, 0.4) is 0 Å². The Balaban J connectivity index is 1.90. The maximum absolute atomic E-state index is 5.52. The van der Waals surface area contributed by atoms with E-state index in [1.165, 1.54) is 0 Å². The first-order chi connectivity index (χ1) is 9.79. The van der Waals surface area contributed by atoms with Gasteiger partial charge in [0.25, 0.3) is 0 Å². The van der Waals surface area contributed by atoms with Crippen LogP contribution >= 0.6 is 0 Å². The molecule has 1 atom stereocenters. The Morgan fingerprint density at radius 2 is 2.15 bits per heavy atom. The van der Waals surface area contributed by atoms with Crippen molar-refractivity contribution in [3.8, 4) is 11.4 Å². The van der Waals surface area contributed by atoms with Gasteiger partial charge in [-0.3, -0.25) is 0 Å². The monoisotopic (exact) mass is 271 g/mol. The average molecular weight is 271 g/mol. The minimum absolute atomic E-state index is 0.220. The molecular formula is C15H17N3O2. The molecule has 1 unspecified atom stereocenters. The number of hydrogen-bond donors (Lipinski definition) is 1. The highest BCUT2D eigenvalue weighted by molar-refractivity contribution is 5.91. The number of rotatable bonds is 5. The molecule has 0 aliphatic carbocycles. The molecule has 2 N–H and O–H groups in total. The molecule has 0 amide bonds. The van der Waals surface area contributed by atoms with E-state index < -0.39 is 0 Å². The maximum Gasteiger partial charge on any atom is 0.229 e. The van der Waals surface area contributed by atoms with Crippen LogP contribution < -0.4 is 5.73 Å². The number of para-hydroxylation sites is 1. The van der Waals surface area contributed by atoms with Crippen molar-refractivity contribution in [1.29, 1.82) is 0 Å². The zero-order valence-corrected chi connectivity index (χ0v) is 11.4. The van der Waals surface area contributed by atoms with Crippen molar-refractivity contribution < 1.29 is 8.94 Å². The van der Waals surface area contributed by atoms with Gasteiger partial charge >= 0.3 is 0 Å². The van der Waals surface area contributed by atoms with Crippen molar-refractivity contribution in [3.63, 3.8) is 0 Å². The van der Waals surface area contributed by atoms with Crippen LogP contribution in [0.2, 0.25) is 0 Å². The summed E-state index contributed by atoms with van der Waals surface area (Å²) in [4.78, 5) is 4.48. The van der Waals surface area contributed by atoms with E-state index in [2.05, 4.69) is 17.1 Å². The summed E-state index contributed by atoms with van der Waals surface area (Å²) < 4.78 is 10.9. The summed E-state index contributed by atoms with van der Waals surface area (Å²) >= 11 is 0. The van der Waals surface area contributed by atoms with Gasteiger partial charge in [0.2, 0.25) is 11.7 Å². The van der Waals surface area contributed by atoms with Gasteiger partial charge in [0.1, 0.15) is 11.8 Å². The van der Waals surface area contributed by atoms with Crippen molar-refractivity contribution in [1.82, 2.24) is 10.1 Å². The number of fused-ring (bicyclic) bond motifs is 1. The predicted molar refractivity (Wildman–Crippen MR) is 76.2 cm³/mol. The zero-order chi connectivity index (χ0) is 13.9. The van der Waals surface area contributed by atoms with Crippen LogP contribution in [-0.2, 0) is 0 Å². The fourth-order valence-electron chi connectivity index (χ4n) is 2.24. The van der Waals surface area contributed by atoms with Gasteiger partial charge in [-0.2, -0.15) is 4.98 Å². The fraction of sp³-hybridized carbons (Fsp3) is 0.333. The Labute approximate surface area is 116 Å². The second-order valence-electron chi connectivity index (χ2n) is 4.93. The normalized spacial score (nSPS) is 12.9. The van der Waals surface area contributed by atoms with Gasteiger partial charge in [-0.05, 0) is 25.5 Å². The number of nitrogens with zero attached hydrogens (tertiary/aromatic N) is 2. The molecule has 3 aromatic rings. The molecule has 1 aromatic carbocycles. The summed E-state index contributed by atoms with van der Waals surface area (Å²) in [6.45, 7) is 2.75. The third kappa shape index (κ3) is 2.32. The molecule has 2 heterocycles. The van der Waals surface area contributed by atoms with Crippen LogP contribution in [0.4, 0.5) is 0 Å². The summed E-state index contributed by atoms with van der Waals surface area (Å²) in [5, 5.41) is 5.06. The maximum atomic E-state index is 5.52. The molecule has 0 bridgehead atoms. The van der Waals surface area contributed by atoms with E-state index in [0.29, 0.717) is 18.3 Å². The number of furan rings is 1. The number of hydrogen-bond acceptors (Lipinski definition) is 5. The Kier molecular flexibility index (Phi) is 3.52. The van der Waals surface area contributed by atoms with Crippen molar-refractivity contribution in [2.75, 3.05) is 6.54 Å². The number of aromatic nitrogens is 2. The highest BCUT2D eigenvalue weighted by atomic mass is 16.5. The van der Waals surface area contributed by atoms with Crippen LogP contribution in [-0.4, -0.2) is 16.7 Å². The molecule has 20 heavy (non-hydrogen) atoms. The van der Waals surface area contributed by atoms with E-state index in [1.807, 2.05) is 24.3 Å². The molecular weight excluding hydrogens is 254 g/mol. The highest BCUT2D eigenvalue weighted by Crippen LogP contribution is 2.29. The third-order valence-electron chi connectivity index (χ3n) is 3.43. The number of nitrogens with two attached hydrogens (primary N) is 1. The van der Waals surface area contributed by atoms with Gasteiger partial charge in [0.05, 0.1) is 5.56 Å². The van der Waals surface area contributed by atoms with E-state index in [1.54, 1.807) is 6.26 Å². The molecule has 5 nitrogen and oxygen atoms in total. The van der Waals surface area contributed by atoms with E-state index in [4.69, 9.17) is 14.7 Å². The van der Waals surface area contributed by atoms with E-state index in [-0.39, 0.29) is 5.92 Å². The Bertz CT molecular complexity index is 702. The summed E-state index contributed by atoms with van der Waals surface area (Å²) in [7, 11) is 0. The fourth-order valence-corrected chi connectivity index (χ4v) is 2.24. The van der Waals surface area contributed by atoms with Crippen LogP contribution in [0, 0.1) is 0 Å². The second-order valence-corrected chi connectivity index (χ2v) is 4.93. The zero-order valence-electron chi connectivity index (χ0n) is 11.4. The molecule has 5 heteroatoms. The molecule has 2 aromatic heterocycles. The van der Waals surface area contributed by atoms with Crippen LogP contribution in [0.5, 0.6) is 0 Å². The van der Waals surface area contributed by atoms with Crippen LogP contribution in [0.1, 0.15) is 31.6 Å². The van der Waals surface area contributed by atoms with Gasteiger partial charge in [-0.1, -0.05) is 30.3 Å². The summed E-state index contributed by atoms with van der Waals surface area (Å²) in [5.74, 6) is 1.45. The molecule has 0 saturated heterocycles. The topological polar surface area (TPSA) is 78.1 Å². The van der Waals surface area contributed by atoms with Crippen molar-refractivity contribution in [3.05, 3.63) is 36.4 Å². The Morgan fingerprint density at radius 1 is 1.30 bits per heavy atom. The van der Waals surface area contributed by atoms with Crippen molar-refractivity contribution in [2.24, 2.45) is 5.73 Å². The molecule has 0 spiro atoms. The Morgan fingerprint density at radius 3 is 3.00 bits per heavy atom. The van der Waals surface area contributed by atoms with E-state index >= 15 is 0 Å². The van der Waals surface area contributed by atoms with E-state index in [0.717, 1.165) is 29.4 Å². The first kappa shape index (κ1) is 12.9. The summed E-state index contributed by atoms with van der Waals surface area (Å²) in [5.41, 5.74) is 7.21. The van der Waals surface area contributed by atoms with Gasteiger partial charge in [-0.25, -0.2) is 0 Å². The smallest absolute Gasteiger partial charge is 0.229 e. The molecule has 0 radical (unpaired) electrons. The first-order valence-corrected chi connectivity index (χ1v) is 6.80. The van der Waals surface area contributed by atoms with Gasteiger partial charge in [0, 0.05) is 11.3 Å². The lowest BCUT2D eigenvalue weighted by Crippen LogP contribution is -2.02. The van der Waals surface area contributed by atoms with E-state index in [9.17, 15) is 0 Å². The summed E-state index contributed by atoms with van der Waals surface area (Å²) in [6.07, 6.45) is 3.57. The Hall–Kier alpha value is -2.14. The molecule has 0 saturated carbocycles. The van der Waals surface area contributed by atoms with Gasteiger partial charge in [-0.15, -0.1) is 0 Å².